The summed E-state index contributed by atoms with van der Waals surface area (Å²) < 4.78 is 0. The number of hydrogen-bond donors (Lipinski definition) is 1. The number of hydrogen-bond acceptors (Lipinski definition) is 3. The Kier molecular flexibility index (Phi) is 4.59. The van der Waals surface area contributed by atoms with E-state index in [1.54, 1.807) is 18.2 Å². The van der Waals surface area contributed by atoms with E-state index in [0.29, 0.717) is 12.1 Å². The van der Waals surface area contributed by atoms with E-state index in [2.05, 4.69) is 5.32 Å². The first-order valence-electron chi connectivity index (χ1n) is 5.58. The number of aryl methyl sites for hydroxylation is 2. The number of nitro benzene ring substituents is 1. The Morgan fingerprint density at radius 2 is 2.11 bits per heavy atom. The Labute approximate surface area is 106 Å². The molecular weight excluding hydrogens is 232 g/mol. The van der Waals surface area contributed by atoms with E-state index >= 15 is 0 Å². The molecule has 0 spiro atoms. The second-order valence-electron chi connectivity index (χ2n) is 4.11. The summed E-state index contributed by atoms with van der Waals surface area (Å²) in [5.41, 5.74) is 2.38. The van der Waals surface area contributed by atoms with Crippen LogP contribution in [0.5, 0.6) is 0 Å². The quantitative estimate of drug-likeness (QED) is 0.656. The molecule has 0 fully saturated rings. The van der Waals surface area contributed by atoms with Crippen LogP contribution in [0.3, 0.4) is 0 Å². The third-order valence-electron chi connectivity index (χ3n) is 2.46. The first-order valence-corrected chi connectivity index (χ1v) is 5.58. The van der Waals surface area contributed by atoms with E-state index in [4.69, 9.17) is 0 Å². The van der Waals surface area contributed by atoms with Crippen LogP contribution in [0.2, 0.25) is 0 Å². The molecule has 0 heterocycles. The number of carbonyl (C=O) groups is 1. The van der Waals surface area contributed by atoms with Crippen molar-refractivity contribution in [1.82, 2.24) is 5.32 Å². The topological polar surface area (TPSA) is 72.2 Å². The molecule has 5 nitrogen and oxygen atoms in total. The molecule has 96 valence electrons. The van der Waals surface area contributed by atoms with Crippen molar-refractivity contribution in [1.29, 1.82) is 0 Å². The smallest absolute Gasteiger partial charge is 0.277 e. The average Bonchev–Trinajstić information content (AvgIpc) is 2.25. The first-order chi connectivity index (χ1) is 8.41. The van der Waals surface area contributed by atoms with Crippen molar-refractivity contribution in [3.8, 4) is 0 Å². The molecule has 0 aliphatic heterocycles. The highest BCUT2D eigenvalue weighted by atomic mass is 16.6. The summed E-state index contributed by atoms with van der Waals surface area (Å²) in [4.78, 5) is 21.3. The minimum absolute atomic E-state index is 0.0894. The van der Waals surface area contributed by atoms with Crippen LogP contribution >= 0.6 is 0 Å². The van der Waals surface area contributed by atoms with Crippen molar-refractivity contribution in [2.24, 2.45) is 0 Å². The van der Waals surface area contributed by atoms with Gasteiger partial charge in [-0.1, -0.05) is 18.2 Å². The number of benzene rings is 1. The van der Waals surface area contributed by atoms with Gasteiger partial charge in [-0.15, -0.1) is 0 Å². The monoisotopic (exact) mass is 248 g/mol. The number of amides is 1. The van der Waals surface area contributed by atoms with Crippen molar-refractivity contribution in [3.05, 3.63) is 45.0 Å². The lowest BCUT2D eigenvalue weighted by molar-refractivity contribution is -0.385. The van der Waals surface area contributed by atoms with Crippen molar-refractivity contribution < 1.29 is 9.72 Å². The molecule has 0 aliphatic rings. The van der Waals surface area contributed by atoms with Gasteiger partial charge in [0.15, 0.2) is 0 Å². The van der Waals surface area contributed by atoms with Crippen molar-refractivity contribution in [3.63, 3.8) is 0 Å². The predicted octanol–water partition coefficient (Wildman–Crippen LogP) is 2.36. The van der Waals surface area contributed by atoms with Gasteiger partial charge in [0.1, 0.15) is 0 Å². The molecular formula is C13H16N2O3. The van der Waals surface area contributed by atoms with E-state index in [-0.39, 0.29) is 11.6 Å². The predicted molar refractivity (Wildman–Crippen MR) is 70.3 cm³/mol. The van der Waals surface area contributed by atoms with Crippen LogP contribution in [0.15, 0.2) is 18.2 Å². The molecule has 0 radical (unpaired) electrons. The fraction of sp³-hybridized carbons (Fsp3) is 0.308. The minimum Gasteiger partial charge on any atom is -0.353 e. The molecule has 0 aliphatic carbocycles. The van der Waals surface area contributed by atoms with Gasteiger partial charge in [-0.25, -0.2) is 0 Å². The lowest BCUT2D eigenvalue weighted by atomic mass is 10.0. The Morgan fingerprint density at radius 1 is 1.44 bits per heavy atom. The summed E-state index contributed by atoms with van der Waals surface area (Å²) in [7, 11) is 0. The van der Waals surface area contributed by atoms with Gasteiger partial charge < -0.3 is 5.32 Å². The lowest BCUT2D eigenvalue weighted by Crippen LogP contribution is -2.19. The molecule has 18 heavy (non-hydrogen) atoms. The summed E-state index contributed by atoms with van der Waals surface area (Å²) in [5, 5.41) is 13.6. The average molecular weight is 248 g/mol. The van der Waals surface area contributed by atoms with E-state index in [1.165, 1.54) is 6.92 Å². The summed E-state index contributed by atoms with van der Waals surface area (Å²) in [6.45, 7) is 5.44. The SMILES string of the molecule is CC(=O)NCC=Cc1c(C)cc(C)cc1[N+](=O)[O-]. The molecule has 1 N–H and O–H groups in total. The van der Waals surface area contributed by atoms with Crippen LogP contribution in [0, 0.1) is 24.0 Å². The van der Waals surface area contributed by atoms with Gasteiger partial charge in [-0.3, -0.25) is 14.9 Å². The van der Waals surface area contributed by atoms with E-state index in [9.17, 15) is 14.9 Å². The molecule has 0 saturated heterocycles. The molecule has 0 bridgehead atoms. The van der Waals surface area contributed by atoms with Gasteiger partial charge in [0, 0.05) is 19.5 Å². The van der Waals surface area contributed by atoms with Gasteiger partial charge in [0.05, 0.1) is 10.5 Å². The summed E-state index contributed by atoms with van der Waals surface area (Å²) >= 11 is 0. The second kappa shape index (κ2) is 5.95. The normalized spacial score (nSPS) is 10.6. The number of carbonyl (C=O) groups excluding carboxylic acids is 1. The van der Waals surface area contributed by atoms with E-state index < -0.39 is 4.92 Å². The van der Waals surface area contributed by atoms with Gasteiger partial charge in [0.25, 0.3) is 5.69 Å². The van der Waals surface area contributed by atoms with E-state index in [0.717, 1.165) is 11.1 Å². The van der Waals surface area contributed by atoms with Crippen LogP contribution in [0.25, 0.3) is 6.08 Å². The fourth-order valence-electron chi connectivity index (χ4n) is 1.70. The van der Waals surface area contributed by atoms with Crippen LogP contribution in [0.4, 0.5) is 5.69 Å². The number of nitrogens with zero attached hydrogens (tertiary/aromatic N) is 1. The molecule has 1 aromatic carbocycles. The zero-order valence-electron chi connectivity index (χ0n) is 10.7. The maximum atomic E-state index is 11.0. The zero-order chi connectivity index (χ0) is 13.7. The van der Waals surface area contributed by atoms with Crippen molar-refractivity contribution >= 4 is 17.7 Å². The van der Waals surface area contributed by atoms with Crippen LogP contribution < -0.4 is 5.32 Å². The molecule has 1 amide bonds. The maximum Gasteiger partial charge on any atom is 0.277 e. The summed E-state index contributed by atoms with van der Waals surface area (Å²) in [5.74, 6) is -0.130. The summed E-state index contributed by atoms with van der Waals surface area (Å²) in [6.07, 6.45) is 3.37. The van der Waals surface area contributed by atoms with E-state index in [1.807, 2.05) is 19.9 Å². The molecule has 1 rings (SSSR count). The second-order valence-corrected chi connectivity index (χ2v) is 4.11. The minimum atomic E-state index is -0.391. The Morgan fingerprint density at radius 3 is 2.67 bits per heavy atom. The highest BCUT2D eigenvalue weighted by Crippen LogP contribution is 2.25. The van der Waals surface area contributed by atoms with Crippen LogP contribution in [0.1, 0.15) is 23.6 Å². The van der Waals surface area contributed by atoms with Gasteiger partial charge in [-0.05, 0) is 25.0 Å². The molecule has 0 saturated carbocycles. The molecule has 1 aromatic rings. The zero-order valence-corrected chi connectivity index (χ0v) is 10.7. The molecule has 0 aromatic heterocycles. The van der Waals surface area contributed by atoms with Crippen molar-refractivity contribution in [2.75, 3.05) is 6.54 Å². The summed E-state index contributed by atoms with van der Waals surface area (Å²) in [6, 6.07) is 3.44. The number of nitro groups is 1. The van der Waals surface area contributed by atoms with Gasteiger partial charge in [0.2, 0.25) is 5.91 Å². The van der Waals surface area contributed by atoms with Gasteiger partial charge >= 0.3 is 0 Å². The third kappa shape index (κ3) is 3.69. The molecule has 0 unspecified atom stereocenters. The third-order valence-corrected chi connectivity index (χ3v) is 2.46. The van der Waals surface area contributed by atoms with Crippen LogP contribution in [-0.2, 0) is 4.79 Å². The Hall–Kier alpha value is -2.17. The first kappa shape index (κ1) is 13.9. The fourth-order valence-corrected chi connectivity index (χ4v) is 1.70. The highest BCUT2D eigenvalue weighted by molar-refractivity contribution is 5.73. The standard InChI is InChI=1S/C13H16N2O3/c1-9-7-10(2)12(13(8-9)15(17)18)5-4-6-14-11(3)16/h4-5,7-8H,6H2,1-3H3,(H,14,16). The highest BCUT2D eigenvalue weighted by Gasteiger charge is 2.14. The molecule has 5 heteroatoms. The van der Waals surface area contributed by atoms with Crippen molar-refractivity contribution in [2.45, 2.75) is 20.8 Å². The Balaban J connectivity index is 3.00. The Bertz CT molecular complexity index is 507. The lowest BCUT2D eigenvalue weighted by Gasteiger charge is -2.04. The number of nitrogens with one attached hydrogen (secondary N) is 1. The van der Waals surface area contributed by atoms with Gasteiger partial charge in [-0.2, -0.15) is 0 Å². The number of rotatable bonds is 4. The molecule has 0 atom stereocenters. The maximum absolute atomic E-state index is 11.0. The van der Waals surface area contributed by atoms with Crippen LogP contribution in [-0.4, -0.2) is 17.4 Å². The largest absolute Gasteiger partial charge is 0.353 e.